The van der Waals surface area contributed by atoms with Crippen molar-refractivity contribution in [1.29, 1.82) is 0 Å². The maximum Gasteiger partial charge on any atom is 0.346 e. The van der Waals surface area contributed by atoms with E-state index in [1.54, 1.807) is 0 Å². The van der Waals surface area contributed by atoms with Gasteiger partial charge in [0.2, 0.25) is 0 Å². The van der Waals surface area contributed by atoms with Crippen molar-refractivity contribution in [2.24, 2.45) is 0 Å². The number of aromatic nitrogens is 3. The van der Waals surface area contributed by atoms with Crippen LogP contribution in [0.3, 0.4) is 0 Å². The second kappa shape index (κ2) is 3.49. The molecule has 0 aromatic carbocycles. The number of nitrogens with one attached hydrogen (secondary N) is 1. The van der Waals surface area contributed by atoms with E-state index in [0.717, 1.165) is 4.68 Å². The van der Waals surface area contributed by atoms with Crippen molar-refractivity contribution in [3.63, 3.8) is 0 Å². The van der Waals surface area contributed by atoms with Crippen LogP contribution in [-0.4, -0.2) is 33.9 Å². The maximum absolute atomic E-state index is 12.0. The van der Waals surface area contributed by atoms with Gasteiger partial charge in [0, 0.05) is 13.1 Å². The van der Waals surface area contributed by atoms with Gasteiger partial charge >= 0.3 is 5.69 Å². The zero-order chi connectivity index (χ0) is 10.1. The lowest BCUT2D eigenvalue weighted by Crippen LogP contribution is -2.46. The Balaban J connectivity index is 2.19. The first kappa shape index (κ1) is 9.32. The summed E-state index contributed by atoms with van der Waals surface area (Å²) in [6.07, 6.45) is -1.23. The molecule has 2 rings (SSSR count). The van der Waals surface area contributed by atoms with Crippen molar-refractivity contribution in [3.8, 4) is 0 Å². The fourth-order valence-corrected chi connectivity index (χ4v) is 1.33. The molecule has 14 heavy (non-hydrogen) atoms. The third-order valence-corrected chi connectivity index (χ3v) is 2.22. The molecule has 1 aromatic rings. The Morgan fingerprint density at radius 2 is 2.36 bits per heavy atom. The maximum atomic E-state index is 12.0. The van der Waals surface area contributed by atoms with Gasteiger partial charge in [0.15, 0.2) is 0 Å². The first-order valence-corrected chi connectivity index (χ1v) is 4.31. The van der Waals surface area contributed by atoms with Crippen molar-refractivity contribution in [2.45, 2.75) is 19.0 Å². The van der Waals surface area contributed by atoms with Crippen LogP contribution in [0.4, 0.5) is 8.78 Å². The summed E-state index contributed by atoms with van der Waals surface area (Å²) in [6, 6.07) is 0.0638. The Morgan fingerprint density at radius 1 is 1.64 bits per heavy atom. The molecule has 0 radical (unpaired) electrons. The summed E-state index contributed by atoms with van der Waals surface area (Å²) < 4.78 is 26.2. The zero-order valence-electron chi connectivity index (χ0n) is 7.36. The summed E-state index contributed by atoms with van der Waals surface area (Å²) >= 11 is 0. The highest BCUT2D eigenvalue weighted by molar-refractivity contribution is 4.85. The average Bonchev–Trinajstić information content (AvgIpc) is 2.32. The first-order chi connectivity index (χ1) is 6.68. The van der Waals surface area contributed by atoms with Crippen molar-refractivity contribution >= 4 is 0 Å². The molecule has 78 valence electrons. The molecule has 1 aliphatic rings. The minimum absolute atomic E-state index is 0.0638. The number of nitrogens with zero attached hydrogens (tertiary/aromatic N) is 3. The minimum Gasteiger partial charge on any atom is -0.313 e. The van der Waals surface area contributed by atoms with Gasteiger partial charge in [0.1, 0.15) is 12.9 Å². The molecule has 0 atom stereocenters. The molecule has 7 heteroatoms. The standard InChI is InChI=1S/C7H10F2N4O/c8-6(9)3-13-7(14)12(4-11-13)5-1-10-2-5/h4-6,10H,1-3H2. The van der Waals surface area contributed by atoms with Crippen molar-refractivity contribution in [3.05, 3.63) is 16.8 Å². The highest BCUT2D eigenvalue weighted by atomic mass is 19.3. The molecule has 0 aliphatic carbocycles. The lowest BCUT2D eigenvalue weighted by atomic mass is 10.2. The second-order valence-corrected chi connectivity index (χ2v) is 3.21. The van der Waals surface area contributed by atoms with E-state index in [0.29, 0.717) is 13.1 Å². The van der Waals surface area contributed by atoms with E-state index in [1.165, 1.54) is 10.9 Å². The third-order valence-electron chi connectivity index (χ3n) is 2.22. The van der Waals surface area contributed by atoms with Gasteiger partial charge in [0.25, 0.3) is 6.43 Å². The Morgan fingerprint density at radius 3 is 2.86 bits per heavy atom. The summed E-state index contributed by atoms with van der Waals surface area (Å²) in [6.45, 7) is 0.756. The van der Waals surface area contributed by atoms with Crippen molar-refractivity contribution < 1.29 is 8.78 Å². The van der Waals surface area contributed by atoms with E-state index < -0.39 is 18.7 Å². The molecule has 1 N–H and O–H groups in total. The van der Waals surface area contributed by atoms with Crippen LogP contribution < -0.4 is 11.0 Å². The Bertz CT molecular complexity index is 368. The van der Waals surface area contributed by atoms with Crippen molar-refractivity contribution in [1.82, 2.24) is 19.7 Å². The van der Waals surface area contributed by atoms with Gasteiger partial charge in [-0.15, -0.1) is 0 Å². The monoisotopic (exact) mass is 204 g/mol. The zero-order valence-corrected chi connectivity index (χ0v) is 7.36. The summed E-state index contributed by atoms with van der Waals surface area (Å²) in [5, 5.41) is 6.61. The van der Waals surface area contributed by atoms with Crippen LogP contribution in [0.5, 0.6) is 0 Å². The normalized spacial score (nSPS) is 17.4. The van der Waals surface area contributed by atoms with E-state index in [4.69, 9.17) is 0 Å². The van der Waals surface area contributed by atoms with Gasteiger partial charge in [-0.05, 0) is 0 Å². The molecular weight excluding hydrogens is 194 g/mol. The van der Waals surface area contributed by atoms with Gasteiger partial charge in [-0.2, -0.15) is 5.10 Å². The smallest absolute Gasteiger partial charge is 0.313 e. The number of alkyl halides is 2. The van der Waals surface area contributed by atoms with Crippen LogP contribution >= 0.6 is 0 Å². The SMILES string of the molecule is O=c1n(C2CNC2)cnn1CC(F)F. The molecule has 2 heterocycles. The topological polar surface area (TPSA) is 51.9 Å². The summed E-state index contributed by atoms with van der Waals surface area (Å²) in [7, 11) is 0. The summed E-state index contributed by atoms with van der Waals surface area (Å²) in [4.78, 5) is 11.4. The van der Waals surface area contributed by atoms with Gasteiger partial charge in [0.05, 0.1) is 6.04 Å². The quantitative estimate of drug-likeness (QED) is 0.719. The van der Waals surface area contributed by atoms with Gasteiger partial charge in [-0.1, -0.05) is 0 Å². The Kier molecular flexibility index (Phi) is 2.32. The Hall–Kier alpha value is -1.24. The lowest BCUT2D eigenvalue weighted by Gasteiger charge is -2.26. The van der Waals surface area contributed by atoms with Gasteiger partial charge in [-0.25, -0.2) is 18.3 Å². The number of rotatable bonds is 3. The molecule has 1 aromatic heterocycles. The minimum atomic E-state index is -2.55. The molecule has 1 fully saturated rings. The molecular formula is C7H10F2N4O. The second-order valence-electron chi connectivity index (χ2n) is 3.21. The molecule has 1 aliphatic heterocycles. The van der Waals surface area contributed by atoms with Crippen LogP contribution in [0, 0.1) is 0 Å². The molecule has 0 unspecified atom stereocenters. The number of hydrogen-bond donors (Lipinski definition) is 1. The van der Waals surface area contributed by atoms with Crippen molar-refractivity contribution in [2.75, 3.05) is 13.1 Å². The number of hydrogen-bond acceptors (Lipinski definition) is 3. The summed E-state index contributed by atoms with van der Waals surface area (Å²) in [5.74, 6) is 0. The summed E-state index contributed by atoms with van der Waals surface area (Å²) in [5.41, 5.74) is -0.461. The fourth-order valence-electron chi connectivity index (χ4n) is 1.33. The van der Waals surface area contributed by atoms with Gasteiger partial charge < -0.3 is 5.32 Å². The van der Waals surface area contributed by atoms with Crippen LogP contribution in [-0.2, 0) is 6.54 Å². The van der Waals surface area contributed by atoms with Crippen LogP contribution in [0.25, 0.3) is 0 Å². The fraction of sp³-hybridized carbons (Fsp3) is 0.714. The largest absolute Gasteiger partial charge is 0.346 e. The third kappa shape index (κ3) is 1.54. The van der Waals surface area contributed by atoms with Crippen LogP contribution in [0.1, 0.15) is 6.04 Å². The average molecular weight is 204 g/mol. The van der Waals surface area contributed by atoms with Crippen LogP contribution in [0.2, 0.25) is 0 Å². The van der Waals surface area contributed by atoms with E-state index in [-0.39, 0.29) is 6.04 Å². The predicted molar refractivity (Wildman–Crippen MR) is 44.4 cm³/mol. The first-order valence-electron chi connectivity index (χ1n) is 4.31. The van der Waals surface area contributed by atoms with Crippen LogP contribution in [0.15, 0.2) is 11.1 Å². The molecule has 1 saturated heterocycles. The molecule has 0 spiro atoms. The molecule has 5 nitrogen and oxygen atoms in total. The van der Waals surface area contributed by atoms with E-state index in [1.807, 2.05) is 0 Å². The van der Waals surface area contributed by atoms with E-state index >= 15 is 0 Å². The lowest BCUT2D eigenvalue weighted by molar-refractivity contribution is 0.119. The molecule has 0 amide bonds. The van der Waals surface area contributed by atoms with E-state index in [9.17, 15) is 13.6 Å². The molecule has 0 saturated carbocycles. The number of halogens is 2. The highest BCUT2D eigenvalue weighted by Gasteiger charge is 2.22. The highest BCUT2D eigenvalue weighted by Crippen LogP contribution is 2.07. The van der Waals surface area contributed by atoms with Gasteiger partial charge in [-0.3, -0.25) is 4.57 Å². The predicted octanol–water partition coefficient (Wildman–Crippen LogP) is -0.546. The molecule has 0 bridgehead atoms. The Labute approximate surface area is 78.3 Å². The van der Waals surface area contributed by atoms with E-state index in [2.05, 4.69) is 10.4 Å².